The summed E-state index contributed by atoms with van der Waals surface area (Å²) in [7, 11) is 0. The second-order valence-corrected chi connectivity index (χ2v) is 5.72. The van der Waals surface area contributed by atoms with E-state index in [2.05, 4.69) is 51.2 Å². The molecule has 0 aromatic heterocycles. The van der Waals surface area contributed by atoms with Gasteiger partial charge in [-0.2, -0.15) is 0 Å². The Morgan fingerprint density at radius 1 is 1.31 bits per heavy atom. The smallest absolute Gasteiger partial charge is 0.0650 e. The molecule has 0 amide bonds. The highest BCUT2D eigenvalue weighted by Crippen LogP contribution is 2.22. The van der Waals surface area contributed by atoms with E-state index in [-0.39, 0.29) is 6.61 Å². The van der Waals surface area contributed by atoms with Gasteiger partial charge in [-0.05, 0) is 75.9 Å². The maximum absolute atomic E-state index is 9.10. The fraction of sp³-hybridized carbons (Fsp3) is 0.333. The molecule has 0 saturated heterocycles. The minimum absolute atomic E-state index is 0.0385. The zero-order chi connectivity index (χ0) is 10.1. The van der Waals surface area contributed by atoms with Gasteiger partial charge in [0.1, 0.15) is 0 Å². The van der Waals surface area contributed by atoms with Crippen LogP contribution in [0.2, 0.25) is 0 Å². The quantitative estimate of drug-likeness (QED) is 0.744. The Labute approximate surface area is 105 Å². The van der Waals surface area contributed by atoms with Gasteiger partial charge in [-0.25, -0.2) is 0 Å². The van der Waals surface area contributed by atoms with Crippen molar-refractivity contribution in [3.63, 3.8) is 0 Å². The van der Waals surface area contributed by atoms with Crippen LogP contribution in [-0.2, 0) is 5.54 Å². The molecule has 0 unspecified atom stereocenters. The van der Waals surface area contributed by atoms with Gasteiger partial charge in [0.2, 0.25) is 0 Å². The molecule has 0 radical (unpaired) electrons. The Kier molecular flexibility index (Phi) is 3.96. The van der Waals surface area contributed by atoms with Crippen molar-refractivity contribution in [3.05, 3.63) is 30.9 Å². The van der Waals surface area contributed by atoms with Crippen LogP contribution in [0.25, 0.3) is 0 Å². The third kappa shape index (κ3) is 3.03. The largest absolute Gasteiger partial charge is 0.394 e. The summed E-state index contributed by atoms with van der Waals surface area (Å²) >= 11 is 4.49. The van der Waals surface area contributed by atoms with Crippen LogP contribution in [0.5, 0.6) is 0 Å². The summed E-state index contributed by atoms with van der Waals surface area (Å²) in [6, 6.07) is 6.07. The summed E-state index contributed by atoms with van der Waals surface area (Å²) < 4.78 is 2.29. The molecule has 0 saturated carbocycles. The van der Waals surface area contributed by atoms with Crippen molar-refractivity contribution in [3.8, 4) is 0 Å². The van der Waals surface area contributed by atoms with E-state index < -0.39 is 5.54 Å². The number of aliphatic hydroxyl groups is 1. The van der Waals surface area contributed by atoms with Crippen molar-refractivity contribution < 1.29 is 5.11 Å². The molecule has 2 nitrogen and oxygen atoms in total. The Hall–Kier alpha value is 0.600. The highest BCUT2D eigenvalue weighted by atomic mass is 127. The van der Waals surface area contributed by atoms with E-state index >= 15 is 0 Å². The molecule has 1 aromatic rings. The topological polar surface area (TPSA) is 46.2 Å². The maximum atomic E-state index is 9.10. The number of hydrogen-bond acceptors (Lipinski definition) is 2. The Bertz CT molecular complexity index is 292. The second-order valence-electron chi connectivity index (χ2n) is 3.23. The molecule has 0 fully saturated rings. The highest BCUT2D eigenvalue weighted by Gasteiger charge is 2.20. The molecule has 0 bridgehead atoms. The minimum Gasteiger partial charge on any atom is -0.394 e. The van der Waals surface area contributed by atoms with Crippen LogP contribution in [0.15, 0.2) is 18.2 Å². The van der Waals surface area contributed by atoms with Crippen molar-refractivity contribution in [2.75, 3.05) is 6.61 Å². The van der Waals surface area contributed by atoms with Gasteiger partial charge < -0.3 is 10.8 Å². The van der Waals surface area contributed by atoms with Gasteiger partial charge in [0.05, 0.1) is 12.1 Å². The first-order valence-electron chi connectivity index (χ1n) is 3.82. The second kappa shape index (κ2) is 4.41. The Morgan fingerprint density at radius 3 is 2.15 bits per heavy atom. The molecule has 0 spiro atoms. The average Bonchev–Trinajstić information content (AvgIpc) is 2.02. The van der Waals surface area contributed by atoms with Gasteiger partial charge in [-0.1, -0.05) is 0 Å². The van der Waals surface area contributed by atoms with E-state index in [0.29, 0.717) is 0 Å². The summed E-state index contributed by atoms with van der Waals surface area (Å²) in [6.45, 7) is 1.79. The number of aliphatic hydroxyl groups excluding tert-OH is 1. The number of nitrogens with two attached hydrogens (primary N) is 1. The Morgan fingerprint density at radius 2 is 1.77 bits per heavy atom. The predicted molar refractivity (Wildman–Crippen MR) is 70.5 cm³/mol. The molecular weight excluding hydrogens is 392 g/mol. The molecular formula is C9H11I2NO. The lowest BCUT2D eigenvalue weighted by Crippen LogP contribution is -2.37. The zero-order valence-corrected chi connectivity index (χ0v) is 11.5. The van der Waals surface area contributed by atoms with Gasteiger partial charge in [-0.15, -0.1) is 0 Å². The molecule has 4 heteroatoms. The summed E-state index contributed by atoms with van der Waals surface area (Å²) in [5.41, 5.74) is 6.26. The summed E-state index contributed by atoms with van der Waals surface area (Å²) in [4.78, 5) is 0. The van der Waals surface area contributed by atoms with Crippen molar-refractivity contribution >= 4 is 45.2 Å². The van der Waals surface area contributed by atoms with Crippen LogP contribution in [-0.4, -0.2) is 11.7 Å². The van der Waals surface area contributed by atoms with Gasteiger partial charge in [-0.3, -0.25) is 0 Å². The Balaban J connectivity index is 3.15. The standard InChI is InChI=1S/C9H11I2NO/c1-9(12,5-13)6-2-7(10)4-8(11)3-6/h2-4,13H,5,12H2,1H3/t9-/m0/s1. The number of halogens is 2. The van der Waals surface area contributed by atoms with E-state index in [1.807, 2.05) is 19.1 Å². The maximum Gasteiger partial charge on any atom is 0.0650 e. The van der Waals surface area contributed by atoms with Crippen molar-refractivity contribution in [2.45, 2.75) is 12.5 Å². The van der Waals surface area contributed by atoms with Crippen molar-refractivity contribution in [2.24, 2.45) is 5.73 Å². The molecule has 1 atom stereocenters. The molecule has 0 aliphatic rings. The molecule has 1 aromatic carbocycles. The molecule has 0 aliphatic carbocycles. The highest BCUT2D eigenvalue weighted by molar-refractivity contribution is 14.1. The first kappa shape index (κ1) is 11.7. The monoisotopic (exact) mass is 403 g/mol. The third-order valence-electron chi connectivity index (χ3n) is 1.85. The average molecular weight is 403 g/mol. The molecule has 0 heterocycles. The minimum atomic E-state index is -0.638. The van der Waals surface area contributed by atoms with Crippen LogP contribution in [0, 0.1) is 7.14 Å². The van der Waals surface area contributed by atoms with Gasteiger partial charge in [0.25, 0.3) is 0 Å². The van der Waals surface area contributed by atoms with E-state index in [9.17, 15) is 0 Å². The van der Waals surface area contributed by atoms with E-state index in [0.717, 1.165) is 12.7 Å². The van der Waals surface area contributed by atoms with Crippen LogP contribution in [0.1, 0.15) is 12.5 Å². The molecule has 0 aliphatic heterocycles. The third-order valence-corrected chi connectivity index (χ3v) is 3.10. The lowest BCUT2D eigenvalue weighted by Gasteiger charge is -2.22. The van der Waals surface area contributed by atoms with Crippen LogP contribution in [0.4, 0.5) is 0 Å². The normalized spacial score (nSPS) is 15.5. The van der Waals surface area contributed by atoms with Gasteiger partial charge in [0, 0.05) is 7.14 Å². The lowest BCUT2D eigenvalue weighted by molar-refractivity contribution is 0.210. The van der Waals surface area contributed by atoms with Crippen LogP contribution >= 0.6 is 45.2 Å². The molecule has 72 valence electrons. The summed E-state index contributed by atoms with van der Waals surface area (Å²) in [6.07, 6.45) is 0. The fourth-order valence-corrected chi connectivity index (χ4v) is 2.91. The van der Waals surface area contributed by atoms with E-state index in [4.69, 9.17) is 10.8 Å². The van der Waals surface area contributed by atoms with Crippen molar-refractivity contribution in [1.29, 1.82) is 0 Å². The number of hydrogen-bond donors (Lipinski definition) is 2. The van der Waals surface area contributed by atoms with Crippen LogP contribution in [0.3, 0.4) is 0 Å². The van der Waals surface area contributed by atoms with Crippen LogP contribution < -0.4 is 5.73 Å². The number of rotatable bonds is 2. The first-order valence-corrected chi connectivity index (χ1v) is 5.98. The number of benzene rings is 1. The first-order chi connectivity index (χ1) is 5.95. The fourth-order valence-electron chi connectivity index (χ4n) is 0.975. The zero-order valence-electron chi connectivity index (χ0n) is 7.22. The van der Waals surface area contributed by atoms with E-state index in [1.165, 1.54) is 0 Å². The summed E-state index contributed by atoms with van der Waals surface area (Å²) in [5, 5.41) is 9.10. The molecule has 13 heavy (non-hydrogen) atoms. The predicted octanol–water partition coefficient (Wildman–Crippen LogP) is 2.06. The molecule has 1 rings (SSSR count). The summed E-state index contributed by atoms with van der Waals surface area (Å²) in [5.74, 6) is 0. The van der Waals surface area contributed by atoms with Gasteiger partial charge >= 0.3 is 0 Å². The lowest BCUT2D eigenvalue weighted by atomic mass is 9.94. The van der Waals surface area contributed by atoms with Crippen molar-refractivity contribution in [1.82, 2.24) is 0 Å². The van der Waals surface area contributed by atoms with Gasteiger partial charge in [0.15, 0.2) is 0 Å². The molecule has 3 N–H and O–H groups in total. The van der Waals surface area contributed by atoms with E-state index in [1.54, 1.807) is 0 Å². The SMILES string of the molecule is C[C@](N)(CO)c1cc(I)cc(I)c1.